The van der Waals surface area contributed by atoms with Gasteiger partial charge in [-0.2, -0.15) is 11.8 Å². The van der Waals surface area contributed by atoms with E-state index in [0.717, 1.165) is 48.8 Å². The SMILES string of the molecule is CSCC[C@@H](NC(=O)[C@@H](N)Cc1c(C)cc(O)cc1C)C(=O)NCC(=O)N(CCCCCC(=O)O)[C@@H](CC1CCCCC1)C(=O)NC(=O)OC(C)(C)C. The van der Waals surface area contributed by atoms with Crippen molar-refractivity contribution in [1.82, 2.24) is 20.9 Å². The van der Waals surface area contributed by atoms with Gasteiger partial charge in [0.1, 0.15) is 23.4 Å². The molecule has 5 amide bonds. The zero-order chi connectivity index (χ0) is 39.7. The van der Waals surface area contributed by atoms with E-state index in [1.165, 1.54) is 16.7 Å². The highest BCUT2D eigenvalue weighted by Crippen LogP contribution is 2.29. The van der Waals surface area contributed by atoms with E-state index in [9.17, 15) is 33.9 Å². The summed E-state index contributed by atoms with van der Waals surface area (Å²) in [4.78, 5) is 79.6. The van der Waals surface area contributed by atoms with Crippen LogP contribution in [-0.4, -0.2) is 99.6 Å². The number of unbranched alkanes of at least 4 members (excludes halogenated alkanes) is 2. The molecule has 298 valence electrons. The first-order chi connectivity index (χ1) is 24.9. The predicted octanol–water partition coefficient (Wildman–Crippen LogP) is 4.10. The zero-order valence-electron chi connectivity index (χ0n) is 32.3. The molecule has 0 aromatic heterocycles. The lowest BCUT2D eigenvalue weighted by atomic mass is 9.84. The number of nitrogens with one attached hydrogen (secondary N) is 3. The number of alkyl carbamates (subject to hydrolysis) is 1. The second-order valence-corrected chi connectivity index (χ2v) is 16.0. The first-order valence-corrected chi connectivity index (χ1v) is 20.0. The lowest BCUT2D eigenvalue weighted by Crippen LogP contribution is -2.56. The maximum absolute atomic E-state index is 14.0. The van der Waals surface area contributed by atoms with Gasteiger partial charge in [0.2, 0.25) is 17.7 Å². The molecule has 0 saturated heterocycles. The number of nitrogens with two attached hydrogens (primary N) is 1. The van der Waals surface area contributed by atoms with Crippen LogP contribution in [0.3, 0.4) is 0 Å². The van der Waals surface area contributed by atoms with Gasteiger partial charge in [0.25, 0.3) is 5.91 Å². The highest BCUT2D eigenvalue weighted by atomic mass is 32.2. The molecule has 0 aliphatic heterocycles. The van der Waals surface area contributed by atoms with E-state index in [2.05, 4.69) is 16.0 Å². The Balaban J connectivity index is 2.26. The monoisotopic (exact) mass is 763 g/mol. The van der Waals surface area contributed by atoms with Crippen LogP contribution in [0.25, 0.3) is 0 Å². The van der Waals surface area contributed by atoms with E-state index < -0.39 is 66.0 Å². The first-order valence-electron chi connectivity index (χ1n) is 18.6. The number of benzene rings is 1. The van der Waals surface area contributed by atoms with Crippen molar-refractivity contribution in [1.29, 1.82) is 0 Å². The number of carbonyl (C=O) groups excluding carboxylic acids is 5. The Morgan fingerprint density at radius 1 is 0.981 bits per heavy atom. The summed E-state index contributed by atoms with van der Waals surface area (Å²) in [6, 6.07) is 0.182. The summed E-state index contributed by atoms with van der Waals surface area (Å²) < 4.78 is 5.32. The minimum absolute atomic E-state index is 0.0321. The summed E-state index contributed by atoms with van der Waals surface area (Å²) in [5.74, 6) is -2.51. The normalized spacial score (nSPS) is 15.1. The average molecular weight is 764 g/mol. The largest absolute Gasteiger partial charge is 0.508 e. The quantitative estimate of drug-likeness (QED) is 0.104. The highest BCUT2D eigenvalue weighted by molar-refractivity contribution is 7.98. The van der Waals surface area contributed by atoms with E-state index in [-0.39, 0.29) is 37.5 Å². The number of hydrogen-bond donors (Lipinski definition) is 6. The molecule has 14 nitrogen and oxygen atoms in total. The minimum atomic E-state index is -1.04. The summed E-state index contributed by atoms with van der Waals surface area (Å²) in [6.07, 6.45) is 7.76. The number of aliphatic carboxylic acids is 1. The Morgan fingerprint density at radius 2 is 1.62 bits per heavy atom. The molecule has 0 heterocycles. The van der Waals surface area contributed by atoms with Gasteiger partial charge in [0.15, 0.2) is 0 Å². The van der Waals surface area contributed by atoms with Crippen molar-refractivity contribution in [3.8, 4) is 5.75 Å². The topological polar surface area (TPSA) is 217 Å². The van der Waals surface area contributed by atoms with Gasteiger partial charge in [0, 0.05) is 13.0 Å². The zero-order valence-corrected chi connectivity index (χ0v) is 33.1. The lowest BCUT2D eigenvalue weighted by molar-refractivity contribution is -0.141. The fourth-order valence-corrected chi connectivity index (χ4v) is 7.04. The summed E-state index contributed by atoms with van der Waals surface area (Å²) in [5.41, 5.74) is 7.82. The van der Waals surface area contributed by atoms with Gasteiger partial charge in [-0.05, 0) is 113 Å². The number of phenolic OH excluding ortho intramolecular Hbond substituents is 1. The Hall–Kier alpha value is -3.85. The molecule has 1 fully saturated rings. The van der Waals surface area contributed by atoms with Crippen molar-refractivity contribution in [2.24, 2.45) is 11.7 Å². The molecular weight excluding hydrogens is 703 g/mol. The van der Waals surface area contributed by atoms with Crippen molar-refractivity contribution >= 4 is 47.5 Å². The molecule has 15 heteroatoms. The number of carbonyl (C=O) groups is 6. The molecule has 0 bridgehead atoms. The van der Waals surface area contributed by atoms with Crippen LogP contribution in [0.4, 0.5) is 4.79 Å². The van der Waals surface area contributed by atoms with Crippen molar-refractivity contribution < 1.29 is 43.7 Å². The van der Waals surface area contributed by atoms with Gasteiger partial charge in [-0.25, -0.2) is 4.79 Å². The number of amides is 5. The second kappa shape index (κ2) is 22.4. The molecule has 7 N–H and O–H groups in total. The standard InChI is InChI=1S/C38H61N5O9S/c1-24-19-27(44)20-25(2)28(24)22-29(39)34(48)41-30(16-18-53-6)35(49)40-23-32(45)43(17-12-8-11-15-33(46)47)31(21-26-13-9-7-10-14-26)36(50)42-37(51)52-38(3,4)5/h19-20,26,29-31,44H,7-18,21-23,39H2,1-6H3,(H,40,49)(H,41,48)(H,46,47)(H,42,50,51)/t29-,30+,31-/m0/s1. The van der Waals surface area contributed by atoms with E-state index in [0.29, 0.717) is 31.4 Å². The van der Waals surface area contributed by atoms with E-state index >= 15 is 0 Å². The summed E-state index contributed by atoms with van der Waals surface area (Å²) >= 11 is 1.49. The van der Waals surface area contributed by atoms with Gasteiger partial charge < -0.3 is 36.2 Å². The van der Waals surface area contributed by atoms with E-state index in [4.69, 9.17) is 15.6 Å². The number of imide groups is 1. The maximum Gasteiger partial charge on any atom is 0.414 e. The van der Waals surface area contributed by atoms with Gasteiger partial charge in [-0.1, -0.05) is 38.5 Å². The number of carboxylic acid groups (broad SMARTS) is 1. The van der Waals surface area contributed by atoms with Gasteiger partial charge in [0.05, 0.1) is 12.6 Å². The minimum Gasteiger partial charge on any atom is -0.508 e. The molecule has 1 aromatic carbocycles. The number of hydrogen-bond acceptors (Lipinski definition) is 10. The number of rotatable bonds is 20. The summed E-state index contributed by atoms with van der Waals surface area (Å²) in [5, 5.41) is 26.7. The molecule has 1 aliphatic carbocycles. The summed E-state index contributed by atoms with van der Waals surface area (Å²) in [6.45, 7) is 8.28. The Morgan fingerprint density at radius 3 is 2.21 bits per heavy atom. The number of aromatic hydroxyl groups is 1. The number of aryl methyl sites for hydroxylation is 2. The van der Waals surface area contributed by atoms with Crippen LogP contribution in [0.5, 0.6) is 5.75 Å². The average Bonchev–Trinajstić information content (AvgIpc) is 3.06. The molecule has 2 rings (SSSR count). The third kappa shape index (κ3) is 16.8. The third-order valence-corrected chi connectivity index (χ3v) is 9.94. The molecule has 0 spiro atoms. The fraction of sp³-hybridized carbons (Fsp3) is 0.684. The molecule has 1 aliphatic rings. The lowest BCUT2D eigenvalue weighted by Gasteiger charge is -2.34. The van der Waals surface area contributed by atoms with Crippen molar-refractivity contribution in [2.45, 2.75) is 135 Å². The van der Waals surface area contributed by atoms with Crippen LogP contribution < -0.4 is 21.7 Å². The Kier molecular flexibility index (Phi) is 19.1. The van der Waals surface area contributed by atoms with Crippen LogP contribution in [-0.2, 0) is 35.1 Å². The smallest absolute Gasteiger partial charge is 0.414 e. The molecule has 0 radical (unpaired) electrons. The number of thioether (sulfide) groups is 1. The fourth-order valence-electron chi connectivity index (χ4n) is 6.57. The molecular formula is C38H61N5O9S. The van der Waals surface area contributed by atoms with Crippen LogP contribution in [0.15, 0.2) is 12.1 Å². The van der Waals surface area contributed by atoms with Gasteiger partial charge in [-0.3, -0.25) is 29.3 Å². The molecule has 3 atom stereocenters. The molecule has 1 aromatic rings. The van der Waals surface area contributed by atoms with Crippen molar-refractivity contribution in [3.63, 3.8) is 0 Å². The first kappa shape index (κ1) is 45.3. The summed E-state index contributed by atoms with van der Waals surface area (Å²) in [7, 11) is 0. The molecule has 53 heavy (non-hydrogen) atoms. The molecule has 1 saturated carbocycles. The third-order valence-electron chi connectivity index (χ3n) is 9.29. The second-order valence-electron chi connectivity index (χ2n) is 15.0. The van der Waals surface area contributed by atoms with Crippen molar-refractivity contribution in [3.05, 3.63) is 28.8 Å². The van der Waals surface area contributed by atoms with Crippen LogP contribution in [0.2, 0.25) is 0 Å². The van der Waals surface area contributed by atoms with Crippen LogP contribution in [0.1, 0.15) is 108 Å². The van der Waals surface area contributed by atoms with E-state index in [1.807, 2.05) is 20.1 Å². The number of carboxylic acids is 1. The van der Waals surface area contributed by atoms with Gasteiger partial charge >= 0.3 is 12.1 Å². The Labute approximate surface area is 318 Å². The van der Waals surface area contributed by atoms with Crippen LogP contribution >= 0.6 is 11.8 Å². The Bertz CT molecular complexity index is 1390. The highest BCUT2D eigenvalue weighted by Gasteiger charge is 2.35. The van der Waals surface area contributed by atoms with Crippen LogP contribution in [0, 0.1) is 19.8 Å². The maximum atomic E-state index is 14.0. The predicted molar refractivity (Wildman–Crippen MR) is 204 cm³/mol. The van der Waals surface area contributed by atoms with Crippen molar-refractivity contribution in [2.75, 3.05) is 25.1 Å². The number of phenols is 1. The number of nitrogens with zero attached hydrogens (tertiary/aromatic N) is 1. The van der Waals surface area contributed by atoms with E-state index in [1.54, 1.807) is 32.9 Å². The van der Waals surface area contributed by atoms with Gasteiger partial charge in [-0.15, -0.1) is 0 Å². The number of ether oxygens (including phenoxy) is 1. The molecule has 0 unspecified atom stereocenters.